The summed E-state index contributed by atoms with van der Waals surface area (Å²) in [6, 6.07) is 0.0419. The third-order valence-electron chi connectivity index (χ3n) is 2.23. The molecule has 0 aliphatic heterocycles. The van der Waals surface area contributed by atoms with E-state index in [2.05, 4.69) is 11.6 Å². The quantitative estimate of drug-likeness (QED) is 0.568. The molecule has 0 aromatic heterocycles. The lowest BCUT2D eigenvalue weighted by atomic mass is 10.0. The van der Waals surface area contributed by atoms with Crippen LogP contribution in [0.3, 0.4) is 0 Å². The fourth-order valence-corrected chi connectivity index (χ4v) is 1.79. The van der Waals surface area contributed by atoms with Crippen LogP contribution in [0.25, 0.3) is 0 Å². The Morgan fingerprint density at radius 3 is 2.71 bits per heavy atom. The molecule has 14 heavy (non-hydrogen) atoms. The van der Waals surface area contributed by atoms with Gasteiger partial charge in [0.25, 0.3) is 0 Å². The zero-order valence-corrected chi connectivity index (χ0v) is 10.0. The van der Waals surface area contributed by atoms with Gasteiger partial charge in [0.2, 0.25) is 0 Å². The minimum absolute atomic E-state index is 0.0419. The number of nitrogens with two attached hydrogens (primary N) is 1. The molecule has 0 unspecified atom stereocenters. The Labute approximate surface area is 91.2 Å². The molecule has 0 spiro atoms. The first kappa shape index (κ1) is 13.9. The summed E-state index contributed by atoms with van der Waals surface area (Å²) in [6.45, 7) is 0.683. The van der Waals surface area contributed by atoms with Crippen molar-refractivity contribution in [1.29, 1.82) is 0 Å². The van der Waals surface area contributed by atoms with E-state index in [-0.39, 0.29) is 6.04 Å². The van der Waals surface area contributed by atoms with E-state index in [1.54, 1.807) is 11.8 Å². The van der Waals surface area contributed by atoms with Crippen LogP contribution in [0, 0.1) is 0 Å². The van der Waals surface area contributed by atoms with Gasteiger partial charge in [0.15, 0.2) is 0 Å². The molecule has 1 atom stereocenters. The van der Waals surface area contributed by atoms with Crippen molar-refractivity contribution < 1.29 is 4.79 Å². The molecular weight excluding hydrogens is 196 g/mol. The van der Waals surface area contributed by atoms with Gasteiger partial charge in [-0.2, -0.15) is 11.8 Å². The van der Waals surface area contributed by atoms with Crippen LogP contribution in [0.15, 0.2) is 0 Å². The zero-order valence-electron chi connectivity index (χ0n) is 9.21. The van der Waals surface area contributed by atoms with Gasteiger partial charge in [-0.05, 0) is 44.9 Å². The van der Waals surface area contributed by atoms with Crippen LogP contribution in [0.4, 0.5) is 0 Å². The van der Waals surface area contributed by atoms with Crippen LogP contribution < -0.4 is 11.1 Å². The molecule has 0 aromatic rings. The molecular formula is C10H22N2OS. The fourth-order valence-electron chi connectivity index (χ4n) is 1.32. The van der Waals surface area contributed by atoms with E-state index in [0.29, 0.717) is 18.7 Å². The first-order valence-corrected chi connectivity index (χ1v) is 6.54. The van der Waals surface area contributed by atoms with Crippen LogP contribution in [0.2, 0.25) is 0 Å². The Balaban J connectivity index is 3.67. The van der Waals surface area contributed by atoms with Gasteiger partial charge in [-0.1, -0.05) is 0 Å². The van der Waals surface area contributed by atoms with Crippen molar-refractivity contribution in [3.63, 3.8) is 0 Å². The number of hydrogen-bond donors (Lipinski definition) is 2. The van der Waals surface area contributed by atoms with Crippen molar-refractivity contribution in [2.75, 3.05) is 25.6 Å². The number of Topliss-reactive ketones (excluding diaryl/α,β-unsaturated/α-hetero) is 1. The van der Waals surface area contributed by atoms with Crippen molar-refractivity contribution in [3.05, 3.63) is 0 Å². The third kappa shape index (κ3) is 6.40. The predicted molar refractivity (Wildman–Crippen MR) is 63.8 cm³/mol. The molecule has 0 amide bonds. The Bertz CT molecular complexity index is 153. The minimum atomic E-state index is 0.0419. The molecule has 0 aliphatic carbocycles. The molecule has 84 valence electrons. The molecule has 0 aromatic carbocycles. The Kier molecular flexibility index (Phi) is 9.45. The van der Waals surface area contributed by atoms with Crippen LogP contribution in [0.5, 0.6) is 0 Å². The van der Waals surface area contributed by atoms with Gasteiger partial charge in [-0.15, -0.1) is 0 Å². The second-order valence-corrected chi connectivity index (χ2v) is 4.32. The van der Waals surface area contributed by atoms with Gasteiger partial charge in [0.05, 0.1) is 6.04 Å². The first-order chi connectivity index (χ1) is 6.76. The normalized spacial score (nSPS) is 12.8. The molecule has 0 rings (SSSR count). The summed E-state index contributed by atoms with van der Waals surface area (Å²) in [7, 11) is 1.85. The lowest BCUT2D eigenvalue weighted by Gasteiger charge is -2.13. The number of carbonyl (C=O) groups is 1. The number of thioether (sulfide) groups is 1. The second kappa shape index (κ2) is 9.49. The predicted octanol–water partition coefficient (Wildman–Crippen LogP) is 1.03. The van der Waals surface area contributed by atoms with Gasteiger partial charge >= 0.3 is 0 Å². The Hall–Kier alpha value is -0.0600. The number of unbranched alkanes of at least 4 members (excludes halogenated alkanes) is 1. The van der Waals surface area contributed by atoms with Gasteiger partial charge in [-0.25, -0.2) is 0 Å². The lowest BCUT2D eigenvalue weighted by molar-refractivity contribution is -0.121. The average Bonchev–Trinajstić information content (AvgIpc) is 2.19. The lowest BCUT2D eigenvalue weighted by Crippen LogP contribution is -2.34. The van der Waals surface area contributed by atoms with Crippen molar-refractivity contribution in [1.82, 2.24) is 5.32 Å². The summed E-state index contributed by atoms with van der Waals surface area (Å²) < 4.78 is 0. The maximum absolute atomic E-state index is 11.6. The van der Waals surface area contributed by atoms with E-state index in [9.17, 15) is 4.79 Å². The van der Waals surface area contributed by atoms with E-state index in [1.807, 2.05) is 7.05 Å². The number of hydrogen-bond acceptors (Lipinski definition) is 4. The maximum Gasteiger partial charge on any atom is 0.149 e. The highest BCUT2D eigenvalue weighted by molar-refractivity contribution is 7.98. The topological polar surface area (TPSA) is 55.1 Å². The van der Waals surface area contributed by atoms with Crippen molar-refractivity contribution >= 4 is 17.5 Å². The summed E-state index contributed by atoms with van der Waals surface area (Å²) in [5.41, 5.74) is 5.37. The number of ketones is 1. The summed E-state index contributed by atoms with van der Waals surface area (Å²) in [6.07, 6.45) is 5.53. The number of carbonyl (C=O) groups excluding carboxylic acids is 1. The van der Waals surface area contributed by atoms with E-state index < -0.39 is 0 Å². The van der Waals surface area contributed by atoms with Crippen LogP contribution >= 0.6 is 11.8 Å². The summed E-state index contributed by atoms with van der Waals surface area (Å²) in [5, 5.41) is 3.07. The van der Waals surface area contributed by atoms with Crippen LogP contribution in [-0.2, 0) is 4.79 Å². The van der Waals surface area contributed by atoms with Gasteiger partial charge in [0, 0.05) is 6.42 Å². The molecule has 0 saturated carbocycles. The van der Waals surface area contributed by atoms with Crippen molar-refractivity contribution in [3.8, 4) is 0 Å². The number of nitrogens with one attached hydrogen (secondary N) is 1. The smallest absolute Gasteiger partial charge is 0.149 e. The van der Waals surface area contributed by atoms with Gasteiger partial charge in [-0.3, -0.25) is 4.79 Å². The Morgan fingerprint density at radius 1 is 1.50 bits per heavy atom. The van der Waals surface area contributed by atoms with Crippen LogP contribution in [-0.4, -0.2) is 37.4 Å². The zero-order chi connectivity index (χ0) is 10.8. The highest BCUT2D eigenvalue weighted by Gasteiger charge is 2.14. The third-order valence-corrected chi connectivity index (χ3v) is 2.87. The molecule has 0 saturated heterocycles. The molecule has 0 radical (unpaired) electrons. The van der Waals surface area contributed by atoms with E-state index in [0.717, 1.165) is 25.0 Å². The molecule has 3 nitrogen and oxygen atoms in total. The molecule has 4 heteroatoms. The van der Waals surface area contributed by atoms with E-state index in [4.69, 9.17) is 5.73 Å². The minimum Gasteiger partial charge on any atom is -0.330 e. The van der Waals surface area contributed by atoms with Crippen molar-refractivity contribution in [2.24, 2.45) is 5.73 Å². The molecule has 0 fully saturated rings. The van der Waals surface area contributed by atoms with Gasteiger partial charge < -0.3 is 11.1 Å². The van der Waals surface area contributed by atoms with E-state index >= 15 is 0 Å². The summed E-state index contributed by atoms with van der Waals surface area (Å²) >= 11 is 1.78. The highest BCUT2D eigenvalue weighted by atomic mass is 32.2. The summed E-state index contributed by atoms with van der Waals surface area (Å²) in [4.78, 5) is 11.6. The summed E-state index contributed by atoms with van der Waals surface area (Å²) in [5.74, 6) is 1.36. The SMILES string of the molecule is CN[C@@H](CCSC)C(=O)CCCCN. The molecule has 0 heterocycles. The van der Waals surface area contributed by atoms with E-state index in [1.165, 1.54) is 0 Å². The van der Waals surface area contributed by atoms with Crippen molar-refractivity contribution in [2.45, 2.75) is 31.7 Å². The average molecular weight is 218 g/mol. The number of rotatable bonds is 9. The molecule has 3 N–H and O–H groups in total. The first-order valence-electron chi connectivity index (χ1n) is 5.15. The maximum atomic E-state index is 11.6. The molecule has 0 aliphatic rings. The number of likely N-dealkylation sites (N-methyl/N-ethyl adjacent to an activating group) is 1. The fraction of sp³-hybridized carbons (Fsp3) is 0.900. The van der Waals surface area contributed by atoms with Gasteiger partial charge in [0.1, 0.15) is 5.78 Å². The largest absolute Gasteiger partial charge is 0.330 e. The molecule has 0 bridgehead atoms. The standard InChI is InChI=1S/C10H22N2OS/c1-12-9(6-8-14-2)10(13)5-3-4-7-11/h9,12H,3-8,11H2,1-2H3/t9-/m0/s1. The second-order valence-electron chi connectivity index (χ2n) is 3.33. The highest BCUT2D eigenvalue weighted by Crippen LogP contribution is 2.05. The Morgan fingerprint density at radius 2 is 2.21 bits per heavy atom. The van der Waals surface area contributed by atoms with Crippen LogP contribution in [0.1, 0.15) is 25.7 Å². The monoisotopic (exact) mass is 218 g/mol.